The van der Waals surface area contributed by atoms with Gasteiger partial charge in [-0.1, -0.05) is 32.1 Å². The van der Waals surface area contributed by atoms with Gasteiger partial charge in [-0.05, 0) is 56.8 Å². The van der Waals surface area contributed by atoms with E-state index >= 15 is 0 Å². The first-order valence-corrected chi connectivity index (χ1v) is 7.95. The first-order chi connectivity index (χ1) is 8.69. The standard InChI is InChI=1S/C17H29N/c1-3-14-4-6-15(7-5-14)8-9-16-10-11-17(18)12-13(16)2/h13-17H,3-7,10-12,18H2,1-2H3. The fraction of sp³-hybridized carbons (Fsp3) is 0.882. The van der Waals surface area contributed by atoms with Crippen LogP contribution in [0.25, 0.3) is 0 Å². The molecule has 0 aliphatic heterocycles. The van der Waals surface area contributed by atoms with E-state index in [0.717, 1.165) is 5.92 Å². The molecule has 2 aliphatic rings. The van der Waals surface area contributed by atoms with Crippen LogP contribution in [0.5, 0.6) is 0 Å². The van der Waals surface area contributed by atoms with Crippen LogP contribution in [-0.4, -0.2) is 6.04 Å². The van der Waals surface area contributed by atoms with Crippen molar-refractivity contribution in [1.29, 1.82) is 0 Å². The minimum Gasteiger partial charge on any atom is -0.328 e. The first kappa shape index (κ1) is 13.9. The Balaban J connectivity index is 1.81. The smallest absolute Gasteiger partial charge is 0.0229 e. The van der Waals surface area contributed by atoms with Gasteiger partial charge in [0.1, 0.15) is 0 Å². The quantitative estimate of drug-likeness (QED) is 0.697. The summed E-state index contributed by atoms with van der Waals surface area (Å²) in [5.74, 6) is 10.2. The normalized spacial score (nSPS) is 40.9. The van der Waals surface area contributed by atoms with E-state index in [1.165, 1.54) is 51.4 Å². The van der Waals surface area contributed by atoms with E-state index in [0.29, 0.717) is 23.8 Å². The molecule has 0 spiro atoms. The third-order valence-electron chi connectivity index (χ3n) is 5.11. The fourth-order valence-corrected chi connectivity index (χ4v) is 3.59. The van der Waals surface area contributed by atoms with Crippen LogP contribution in [0.2, 0.25) is 0 Å². The predicted molar refractivity (Wildman–Crippen MR) is 78.0 cm³/mol. The Hall–Kier alpha value is -0.480. The van der Waals surface area contributed by atoms with Crippen molar-refractivity contribution in [1.82, 2.24) is 0 Å². The summed E-state index contributed by atoms with van der Waals surface area (Å²) in [4.78, 5) is 0. The molecule has 2 N–H and O–H groups in total. The minimum atomic E-state index is 0.429. The monoisotopic (exact) mass is 247 g/mol. The molecule has 0 heterocycles. The largest absolute Gasteiger partial charge is 0.328 e. The van der Waals surface area contributed by atoms with Gasteiger partial charge < -0.3 is 5.73 Å². The van der Waals surface area contributed by atoms with Gasteiger partial charge in [-0.3, -0.25) is 0 Å². The molecule has 0 saturated heterocycles. The van der Waals surface area contributed by atoms with Crippen LogP contribution >= 0.6 is 0 Å². The molecule has 0 radical (unpaired) electrons. The molecular weight excluding hydrogens is 218 g/mol. The topological polar surface area (TPSA) is 26.0 Å². The van der Waals surface area contributed by atoms with Crippen molar-refractivity contribution in [2.45, 2.75) is 71.3 Å². The molecule has 0 amide bonds. The fourth-order valence-electron chi connectivity index (χ4n) is 3.59. The highest BCUT2D eigenvalue weighted by molar-refractivity contribution is 5.10. The van der Waals surface area contributed by atoms with Crippen molar-refractivity contribution in [2.75, 3.05) is 0 Å². The third-order valence-corrected chi connectivity index (χ3v) is 5.11. The summed E-state index contributed by atoms with van der Waals surface area (Å²) in [6, 6.07) is 0.429. The summed E-state index contributed by atoms with van der Waals surface area (Å²) in [7, 11) is 0. The maximum absolute atomic E-state index is 6.01. The van der Waals surface area contributed by atoms with E-state index in [1.54, 1.807) is 0 Å². The molecule has 2 aliphatic carbocycles. The van der Waals surface area contributed by atoms with Crippen LogP contribution in [0.3, 0.4) is 0 Å². The van der Waals surface area contributed by atoms with E-state index in [1.807, 2.05) is 0 Å². The van der Waals surface area contributed by atoms with Gasteiger partial charge >= 0.3 is 0 Å². The lowest BCUT2D eigenvalue weighted by molar-refractivity contribution is 0.283. The molecular formula is C17H29N. The van der Waals surface area contributed by atoms with E-state index in [-0.39, 0.29) is 0 Å². The number of hydrogen-bond acceptors (Lipinski definition) is 1. The molecule has 2 rings (SSSR count). The average Bonchev–Trinajstić information content (AvgIpc) is 2.38. The molecule has 102 valence electrons. The molecule has 1 nitrogen and oxygen atoms in total. The molecule has 2 fully saturated rings. The van der Waals surface area contributed by atoms with Crippen molar-refractivity contribution in [3.05, 3.63) is 0 Å². The van der Waals surface area contributed by atoms with Crippen LogP contribution in [0.15, 0.2) is 0 Å². The predicted octanol–water partition coefficient (Wildman–Crippen LogP) is 3.97. The summed E-state index contributed by atoms with van der Waals surface area (Å²) in [5.41, 5.74) is 6.01. The van der Waals surface area contributed by atoms with Crippen LogP contribution < -0.4 is 5.73 Å². The highest BCUT2D eigenvalue weighted by atomic mass is 14.6. The maximum Gasteiger partial charge on any atom is 0.0229 e. The molecule has 18 heavy (non-hydrogen) atoms. The maximum atomic E-state index is 6.01. The lowest BCUT2D eigenvalue weighted by Crippen LogP contribution is -2.31. The Labute approximate surface area is 113 Å². The molecule has 3 atom stereocenters. The zero-order chi connectivity index (χ0) is 13.0. The Morgan fingerprint density at radius 2 is 1.72 bits per heavy atom. The summed E-state index contributed by atoms with van der Waals surface area (Å²) in [6.07, 6.45) is 10.4. The van der Waals surface area contributed by atoms with Gasteiger partial charge in [0.15, 0.2) is 0 Å². The van der Waals surface area contributed by atoms with Crippen molar-refractivity contribution in [2.24, 2.45) is 29.4 Å². The van der Waals surface area contributed by atoms with E-state index < -0.39 is 0 Å². The molecule has 0 aromatic rings. The third kappa shape index (κ3) is 3.75. The molecule has 0 aromatic heterocycles. The Kier molecular flexibility index (Phi) is 5.13. The first-order valence-electron chi connectivity index (χ1n) is 7.95. The van der Waals surface area contributed by atoms with Gasteiger partial charge in [0, 0.05) is 17.9 Å². The van der Waals surface area contributed by atoms with Crippen molar-refractivity contribution in [3.8, 4) is 11.8 Å². The van der Waals surface area contributed by atoms with Gasteiger partial charge in [-0.25, -0.2) is 0 Å². The molecule has 2 saturated carbocycles. The highest BCUT2D eigenvalue weighted by Crippen LogP contribution is 2.31. The van der Waals surface area contributed by atoms with Crippen LogP contribution in [0, 0.1) is 35.5 Å². The SMILES string of the molecule is CCC1CCC(C#CC2CCC(N)CC2C)CC1. The van der Waals surface area contributed by atoms with E-state index in [2.05, 4.69) is 25.7 Å². The van der Waals surface area contributed by atoms with E-state index in [4.69, 9.17) is 5.73 Å². The minimum absolute atomic E-state index is 0.429. The summed E-state index contributed by atoms with van der Waals surface area (Å²) < 4.78 is 0. The molecule has 0 bridgehead atoms. The molecule has 3 unspecified atom stereocenters. The van der Waals surface area contributed by atoms with Gasteiger partial charge in [0.05, 0.1) is 0 Å². The summed E-state index contributed by atoms with van der Waals surface area (Å²) >= 11 is 0. The molecule has 0 aromatic carbocycles. The van der Waals surface area contributed by atoms with Gasteiger partial charge in [-0.15, -0.1) is 0 Å². The second-order valence-corrected chi connectivity index (χ2v) is 6.57. The Morgan fingerprint density at radius 3 is 2.33 bits per heavy atom. The van der Waals surface area contributed by atoms with Gasteiger partial charge in [-0.2, -0.15) is 0 Å². The molecule has 1 heteroatoms. The van der Waals surface area contributed by atoms with E-state index in [9.17, 15) is 0 Å². The van der Waals surface area contributed by atoms with Crippen molar-refractivity contribution < 1.29 is 0 Å². The Bertz CT molecular complexity index is 303. The second kappa shape index (κ2) is 6.62. The zero-order valence-electron chi connectivity index (χ0n) is 12.1. The number of hydrogen-bond donors (Lipinski definition) is 1. The zero-order valence-corrected chi connectivity index (χ0v) is 12.1. The van der Waals surface area contributed by atoms with Crippen LogP contribution in [0.1, 0.15) is 65.2 Å². The van der Waals surface area contributed by atoms with Gasteiger partial charge in [0.2, 0.25) is 0 Å². The van der Waals surface area contributed by atoms with Crippen LogP contribution in [0.4, 0.5) is 0 Å². The Morgan fingerprint density at radius 1 is 1.00 bits per heavy atom. The lowest BCUT2D eigenvalue weighted by Gasteiger charge is -2.29. The van der Waals surface area contributed by atoms with Crippen molar-refractivity contribution >= 4 is 0 Å². The van der Waals surface area contributed by atoms with Crippen molar-refractivity contribution in [3.63, 3.8) is 0 Å². The lowest BCUT2D eigenvalue weighted by atomic mass is 9.77. The average molecular weight is 247 g/mol. The number of rotatable bonds is 1. The highest BCUT2D eigenvalue weighted by Gasteiger charge is 2.24. The summed E-state index contributed by atoms with van der Waals surface area (Å²) in [6.45, 7) is 4.65. The number of nitrogens with two attached hydrogens (primary N) is 1. The van der Waals surface area contributed by atoms with Gasteiger partial charge in [0.25, 0.3) is 0 Å². The van der Waals surface area contributed by atoms with Crippen LogP contribution in [-0.2, 0) is 0 Å². The summed E-state index contributed by atoms with van der Waals surface area (Å²) in [5, 5.41) is 0. The second-order valence-electron chi connectivity index (χ2n) is 6.57.